The summed E-state index contributed by atoms with van der Waals surface area (Å²) >= 11 is 0. The maximum Gasteiger partial charge on any atom is 0.0115 e. The maximum atomic E-state index is 2.37. The Morgan fingerprint density at radius 3 is 1.61 bits per heavy atom. The van der Waals surface area contributed by atoms with Gasteiger partial charge in [0.15, 0.2) is 0 Å². The molecule has 0 nitrogen and oxygen atoms in total. The van der Waals surface area contributed by atoms with Gasteiger partial charge in [0.1, 0.15) is 0 Å². The summed E-state index contributed by atoms with van der Waals surface area (Å²) in [4.78, 5) is 0. The quantitative estimate of drug-likeness (QED) is 0.667. The van der Waals surface area contributed by atoms with Gasteiger partial charge >= 0.3 is 0 Å². The van der Waals surface area contributed by atoms with Gasteiger partial charge in [-0.3, -0.25) is 0 Å². The minimum absolute atomic E-state index is 0.521. The lowest BCUT2D eigenvalue weighted by molar-refractivity contribution is 0.468. The first-order valence-electron chi connectivity index (χ1n) is 6.92. The van der Waals surface area contributed by atoms with Crippen molar-refractivity contribution in [3.05, 3.63) is 71.8 Å². The van der Waals surface area contributed by atoms with Crippen molar-refractivity contribution in [2.24, 2.45) is 5.92 Å². The molecule has 0 aliphatic rings. The molecule has 0 amide bonds. The summed E-state index contributed by atoms with van der Waals surface area (Å²) in [6.07, 6.45) is 2.52. The first kappa shape index (κ1) is 12.9. The van der Waals surface area contributed by atoms with Gasteiger partial charge in [0, 0.05) is 5.92 Å². The zero-order chi connectivity index (χ0) is 12.8. The van der Waals surface area contributed by atoms with Crippen LogP contribution in [0.1, 0.15) is 43.7 Å². The highest BCUT2D eigenvalue weighted by atomic mass is 14.2. The summed E-state index contributed by atoms with van der Waals surface area (Å²) in [5.41, 5.74) is 2.87. The van der Waals surface area contributed by atoms with Crippen molar-refractivity contribution in [1.82, 2.24) is 0 Å². The van der Waals surface area contributed by atoms with E-state index in [0.29, 0.717) is 11.8 Å². The van der Waals surface area contributed by atoms with Crippen LogP contribution in [-0.2, 0) is 0 Å². The number of hydrogen-bond acceptors (Lipinski definition) is 0. The van der Waals surface area contributed by atoms with Gasteiger partial charge in [0.25, 0.3) is 0 Å². The SMILES string of the molecule is CCCC(C)C(c1ccccc1)c1ccccc1. The van der Waals surface area contributed by atoms with Crippen LogP contribution in [0, 0.1) is 5.92 Å². The van der Waals surface area contributed by atoms with E-state index in [4.69, 9.17) is 0 Å². The van der Waals surface area contributed by atoms with Crippen LogP contribution in [0.4, 0.5) is 0 Å². The van der Waals surface area contributed by atoms with E-state index in [1.54, 1.807) is 0 Å². The third-order valence-electron chi connectivity index (χ3n) is 3.63. The highest BCUT2D eigenvalue weighted by molar-refractivity contribution is 5.32. The minimum Gasteiger partial charge on any atom is -0.0654 e. The number of benzene rings is 2. The Labute approximate surface area is 111 Å². The van der Waals surface area contributed by atoms with Crippen LogP contribution in [0.25, 0.3) is 0 Å². The lowest BCUT2D eigenvalue weighted by Gasteiger charge is -2.25. The lowest BCUT2D eigenvalue weighted by Crippen LogP contribution is -2.11. The van der Waals surface area contributed by atoms with Gasteiger partial charge in [-0.15, -0.1) is 0 Å². The molecule has 0 aromatic heterocycles. The van der Waals surface area contributed by atoms with Crippen molar-refractivity contribution < 1.29 is 0 Å². The Morgan fingerprint density at radius 2 is 1.22 bits per heavy atom. The molecule has 0 N–H and O–H groups in total. The maximum absolute atomic E-state index is 2.37. The fourth-order valence-electron chi connectivity index (χ4n) is 2.79. The van der Waals surface area contributed by atoms with Crippen LogP contribution in [-0.4, -0.2) is 0 Å². The van der Waals surface area contributed by atoms with Gasteiger partial charge in [-0.05, 0) is 17.0 Å². The topological polar surface area (TPSA) is 0 Å². The molecule has 0 radical (unpaired) electrons. The Balaban J connectivity index is 2.35. The average molecular weight is 238 g/mol. The van der Waals surface area contributed by atoms with Crippen molar-refractivity contribution in [2.45, 2.75) is 32.6 Å². The Kier molecular flexibility index (Phi) is 4.58. The summed E-state index contributed by atoms with van der Waals surface area (Å²) < 4.78 is 0. The molecular formula is C18H22. The Hall–Kier alpha value is -1.56. The van der Waals surface area contributed by atoms with Crippen molar-refractivity contribution in [2.75, 3.05) is 0 Å². The Bertz CT molecular complexity index is 404. The molecule has 0 bridgehead atoms. The molecule has 0 aliphatic carbocycles. The zero-order valence-corrected chi connectivity index (χ0v) is 11.3. The van der Waals surface area contributed by atoms with E-state index in [0.717, 1.165) is 0 Å². The predicted molar refractivity (Wildman–Crippen MR) is 78.8 cm³/mol. The van der Waals surface area contributed by atoms with Gasteiger partial charge in [-0.25, -0.2) is 0 Å². The molecule has 1 atom stereocenters. The summed E-state index contributed by atoms with van der Waals surface area (Å²) in [6, 6.07) is 21.8. The molecular weight excluding hydrogens is 216 g/mol. The minimum atomic E-state index is 0.521. The van der Waals surface area contributed by atoms with E-state index in [1.807, 2.05) is 0 Å². The van der Waals surface area contributed by atoms with Gasteiger partial charge < -0.3 is 0 Å². The van der Waals surface area contributed by atoms with Gasteiger partial charge in [0.2, 0.25) is 0 Å². The smallest absolute Gasteiger partial charge is 0.0115 e. The number of hydrogen-bond donors (Lipinski definition) is 0. The fraction of sp³-hybridized carbons (Fsp3) is 0.333. The van der Waals surface area contributed by atoms with Crippen LogP contribution in [0.3, 0.4) is 0 Å². The average Bonchev–Trinajstić information content (AvgIpc) is 2.42. The summed E-state index contributed by atoms with van der Waals surface area (Å²) in [6.45, 7) is 4.64. The van der Waals surface area contributed by atoms with E-state index in [2.05, 4.69) is 74.5 Å². The van der Waals surface area contributed by atoms with Crippen molar-refractivity contribution in [3.63, 3.8) is 0 Å². The highest BCUT2D eigenvalue weighted by Gasteiger charge is 2.20. The Morgan fingerprint density at radius 1 is 0.778 bits per heavy atom. The van der Waals surface area contributed by atoms with E-state index < -0.39 is 0 Å². The largest absolute Gasteiger partial charge is 0.0654 e. The molecule has 18 heavy (non-hydrogen) atoms. The van der Waals surface area contributed by atoms with Crippen molar-refractivity contribution in [3.8, 4) is 0 Å². The lowest BCUT2D eigenvalue weighted by atomic mass is 9.80. The normalized spacial score (nSPS) is 12.6. The summed E-state index contributed by atoms with van der Waals surface area (Å²) in [7, 11) is 0. The van der Waals surface area contributed by atoms with E-state index in [-0.39, 0.29) is 0 Å². The molecule has 2 rings (SSSR count). The second kappa shape index (κ2) is 6.39. The molecule has 0 fully saturated rings. The third kappa shape index (κ3) is 3.01. The van der Waals surface area contributed by atoms with Gasteiger partial charge in [0.05, 0.1) is 0 Å². The molecule has 2 aromatic rings. The van der Waals surface area contributed by atoms with E-state index >= 15 is 0 Å². The molecule has 0 spiro atoms. The highest BCUT2D eigenvalue weighted by Crippen LogP contribution is 2.34. The molecule has 1 unspecified atom stereocenters. The fourth-order valence-corrected chi connectivity index (χ4v) is 2.79. The van der Waals surface area contributed by atoms with Crippen LogP contribution >= 0.6 is 0 Å². The zero-order valence-electron chi connectivity index (χ0n) is 11.3. The third-order valence-corrected chi connectivity index (χ3v) is 3.63. The summed E-state index contributed by atoms with van der Waals surface area (Å²) in [5, 5.41) is 0. The molecule has 94 valence electrons. The van der Waals surface area contributed by atoms with Crippen LogP contribution in [0.15, 0.2) is 60.7 Å². The monoisotopic (exact) mass is 238 g/mol. The molecule has 0 aliphatic heterocycles. The van der Waals surface area contributed by atoms with Crippen LogP contribution in [0.2, 0.25) is 0 Å². The van der Waals surface area contributed by atoms with Gasteiger partial charge in [-0.1, -0.05) is 87.4 Å². The van der Waals surface area contributed by atoms with E-state index in [9.17, 15) is 0 Å². The molecule has 0 saturated heterocycles. The molecule has 0 heterocycles. The second-order valence-corrected chi connectivity index (χ2v) is 5.06. The molecule has 0 saturated carbocycles. The predicted octanol–water partition coefficient (Wildman–Crippen LogP) is 5.25. The van der Waals surface area contributed by atoms with Crippen LogP contribution < -0.4 is 0 Å². The van der Waals surface area contributed by atoms with E-state index in [1.165, 1.54) is 24.0 Å². The molecule has 2 aromatic carbocycles. The first-order chi connectivity index (χ1) is 8.83. The first-order valence-corrected chi connectivity index (χ1v) is 6.92. The van der Waals surface area contributed by atoms with Gasteiger partial charge in [-0.2, -0.15) is 0 Å². The van der Waals surface area contributed by atoms with Crippen LogP contribution in [0.5, 0.6) is 0 Å². The standard InChI is InChI=1S/C18H22/c1-3-10-15(2)18(16-11-6-4-7-12-16)17-13-8-5-9-14-17/h4-9,11-15,18H,3,10H2,1-2H3. The summed E-state index contributed by atoms with van der Waals surface area (Å²) in [5.74, 6) is 1.20. The van der Waals surface area contributed by atoms with Crippen molar-refractivity contribution >= 4 is 0 Å². The second-order valence-electron chi connectivity index (χ2n) is 5.06. The number of rotatable bonds is 5. The van der Waals surface area contributed by atoms with Crippen molar-refractivity contribution in [1.29, 1.82) is 0 Å². The molecule has 0 heteroatoms.